The molecular formula is C29H39N5O. The lowest BCUT2D eigenvalue weighted by Crippen LogP contribution is -2.43. The van der Waals surface area contributed by atoms with Crippen molar-refractivity contribution in [3.63, 3.8) is 0 Å². The molecule has 0 radical (unpaired) electrons. The van der Waals surface area contributed by atoms with Gasteiger partial charge in [0, 0.05) is 50.7 Å². The monoisotopic (exact) mass is 473 g/mol. The van der Waals surface area contributed by atoms with Gasteiger partial charge in [-0.3, -0.25) is 0 Å². The second kappa shape index (κ2) is 13.6. The summed E-state index contributed by atoms with van der Waals surface area (Å²) >= 11 is 0. The Morgan fingerprint density at radius 2 is 1.89 bits per heavy atom. The average Bonchev–Trinajstić information content (AvgIpc) is 2.88. The molecule has 2 aromatic rings. The van der Waals surface area contributed by atoms with Gasteiger partial charge < -0.3 is 19.9 Å². The van der Waals surface area contributed by atoms with Crippen molar-refractivity contribution < 1.29 is 4.74 Å². The maximum atomic E-state index is 5.59. The number of rotatable bonds is 12. The first-order valence-corrected chi connectivity index (χ1v) is 12.3. The van der Waals surface area contributed by atoms with Crippen LogP contribution >= 0.6 is 0 Å². The number of ether oxygens (including phenoxy) is 1. The van der Waals surface area contributed by atoms with Crippen LogP contribution in [0.15, 0.2) is 85.2 Å². The quantitative estimate of drug-likeness (QED) is 0.348. The highest BCUT2D eigenvalue weighted by Crippen LogP contribution is 2.21. The van der Waals surface area contributed by atoms with Crippen LogP contribution in [0, 0.1) is 0 Å². The van der Waals surface area contributed by atoms with Crippen LogP contribution in [0.25, 0.3) is 11.4 Å². The van der Waals surface area contributed by atoms with E-state index in [1.165, 1.54) is 5.56 Å². The number of hydrogen-bond donors (Lipinski definition) is 1. The summed E-state index contributed by atoms with van der Waals surface area (Å²) in [4.78, 5) is 13.9. The molecule has 0 amide bonds. The predicted octanol–water partition coefficient (Wildman–Crippen LogP) is 4.94. The molecule has 186 valence electrons. The van der Waals surface area contributed by atoms with Crippen LogP contribution in [0.1, 0.15) is 31.4 Å². The van der Waals surface area contributed by atoms with Gasteiger partial charge in [-0.25, -0.2) is 9.97 Å². The van der Waals surface area contributed by atoms with Gasteiger partial charge in [-0.15, -0.1) is 0 Å². The van der Waals surface area contributed by atoms with Gasteiger partial charge in [0.15, 0.2) is 5.82 Å². The van der Waals surface area contributed by atoms with Crippen molar-refractivity contribution in [1.29, 1.82) is 0 Å². The first-order chi connectivity index (χ1) is 17.0. The number of methoxy groups -OCH3 is 1. The zero-order valence-corrected chi connectivity index (χ0v) is 21.5. The molecule has 1 aromatic heterocycles. The summed E-state index contributed by atoms with van der Waals surface area (Å²) in [5.41, 5.74) is 5.29. The number of aromatic nitrogens is 2. The number of benzene rings is 1. The second-order valence-corrected chi connectivity index (χ2v) is 8.95. The van der Waals surface area contributed by atoms with Gasteiger partial charge in [-0.1, -0.05) is 43.0 Å². The SMILES string of the molecule is C=CN(Cc1cccc(-c2ncc(CCCN3CCNCC3)cn2)c1)/C(C)=C(/C=C\C(=C)C)OC. The van der Waals surface area contributed by atoms with Crippen molar-refractivity contribution in [3.8, 4) is 11.4 Å². The van der Waals surface area contributed by atoms with Crippen molar-refractivity contribution in [3.05, 3.63) is 96.3 Å². The summed E-state index contributed by atoms with van der Waals surface area (Å²) in [5, 5.41) is 3.40. The number of allylic oxidation sites excluding steroid dienone is 4. The summed E-state index contributed by atoms with van der Waals surface area (Å²) in [7, 11) is 1.68. The molecule has 0 atom stereocenters. The first kappa shape index (κ1) is 26.4. The topological polar surface area (TPSA) is 53.5 Å². The molecule has 1 N–H and O–H groups in total. The van der Waals surface area contributed by atoms with Gasteiger partial charge in [-0.2, -0.15) is 0 Å². The molecule has 6 heteroatoms. The number of nitrogens with one attached hydrogen (secondary N) is 1. The van der Waals surface area contributed by atoms with E-state index >= 15 is 0 Å². The Labute approximate surface area is 210 Å². The minimum absolute atomic E-state index is 0.668. The van der Waals surface area contributed by atoms with E-state index in [2.05, 4.69) is 56.4 Å². The first-order valence-electron chi connectivity index (χ1n) is 12.3. The molecule has 1 fully saturated rings. The summed E-state index contributed by atoms with van der Waals surface area (Å²) in [5.74, 6) is 1.53. The van der Waals surface area contributed by atoms with E-state index in [1.54, 1.807) is 7.11 Å². The summed E-state index contributed by atoms with van der Waals surface area (Å²) in [6, 6.07) is 8.35. The Morgan fingerprint density at radius 1 is 1.14 bits per heavy atom. The highest BCUT2D eigenvalue weighted by atomic mass is 16.5. The van der Waals surface area contributed by atoms with E-state index in [9.17, 15) is 0 Å². The van der Waals surface area contributed by atoms with Crippen molar-refractivity contribution in [2.45, 2.75) is 33.2 Å². The van der Waals surface area contributed by atoms with Crippen molar-refractivity contribution in [1.82, 2.24) is 25.1 Å². The lowest BCUT2D eigenvalue weighted by molar-refractivity contribution is 0.238. The molecular weight excluding hydrogens is 434 g/mol. The van der Waals surface area contributed by atoms with Crippen LogP contribution in [-0.2, 0) is 17.7 Å². The van der Waals surface area contributed by atoms with Gasteiger partial charge in [0.25, 0.3) is 0 Å². The third-order valence-corrected chi connectivity index (χ3v) is 6.14. The second-order valence-electron chi connectivity index (χ2n) is 8.95. The molecule has 0 aliphatic carbocycles. The van der Waals surface area contributed by atoms with E-state index in [-0.39, 0.29) is 0 Å². The van der Waals surface area contributed by atoms with Gasteiger partial charge >= 0.3 is 0 Å². The molecule has 0 unspecified atom stereocenters. The zero-order valence-electron chi connectivity index (χ0n) is 21.5. The molecule has 35 heavy (non-hydrogen) atoms. The van der Waals surface area contributed by atoms with E-state index in [0.717, 1.165) is 79.5 Å². The number of piperazine rings is 1. The number of nitrogens with zero attached hydrogens (tertiary/aromatic N) is 4. The molecule has 0 bridgehead atoms. The molecule has 1 aromatic carbocycles. The van der Waals surface area contributed by atoms with Crippen molar-refractivity contribution in [2.75, 3.05) is 39.8 Å². The fraction of sp³-hybridized carbons (Fsp3) is 0.379. The minimum atomic E-state index is 0.668. The maximum Gasteiger partial charge on any atom is 0.159 e. The Kier molecular flexibility index (Phi) is 10.3. The van der Waals surface area contributed by atoms with Gasteiger partial charge in [0.05, 0.1) is 12.8 Å². The predicted molar refractivity (Wildman–Crippen MR) is 145 cm³/mol. The van der Waals surface area contributed by atoms with Crippen molar-refractivity contribution in [2.24, 2.45) is 0 Å². The Balaban J connectivity index is 1.64. The highest BCUT2D eigenvalue weighted by Gasteiger charge is 2.11. The fourth-order valence-electron chi connectivity index (χ4n) is 4.10. The Morgan fingerprint density at radius 3 is 2.54 bits per heavy atom. The normalized spacial score (nSPS) is 15.1. The van der Waals surface area contributed by atoms with Gasteiger partial charge in [0.1, 0.15) is 5.76 Å². The van der Waals surface area contributed by atoms with Crippen LogP contribution in [-0.4, -0.2) is 59.6 Å². The number of hydrogen-bond acceptors (Lipinski definition) is 6. The fourth-order valence-corrected chi connectivity index (χ4v) is 4.10. The summed E-state index contributed by atoms with van der Waals surface area (Å²) < 4.78 is 5.59. The third-order valence-electron chi connectivity index (χ3n) is 6.14. The molecule has 1 aliphatic heterocycles. The van der Waals surface area contributed by atoms with Gasteiger partial charge in [0.2, 0.25) is 0 Å². The molecule has 1 aliphatic rings. The van der Waals surface area contributed by atoms with Crippen molar-refractivity contribution >= 4 is 0 Å². The van der Waals surface area contributed by atoms with E-state index in [4.69, 9.17) is 4.74 Å². The minimum Gasteiger partial charge on any atom is -0.495 e. The van der Waals surface area contributed by atoms with Crippen LogP contribution in [0.4, 0.5) is 0 Å². The highest BCUT2D eigenvalue weighted by molar-refractivity contribution is 5.55. The molecule has 1 saturated heterocycles. The van der Waals surface area contributed by atoms with Crippen LogP contribution in [0.2, 0.25) is 0 Å². The molecule has 0 saturated carbocycles. The zero-order chi connectivity index (χ0) is 25.0. The van der Waals surface area contributed by atoms with E-state index < -0.39 is 0 Å². The Bertz CT molecular complexity index is 1040. The molecule has 6 nitrogen and oxygen atoms in total. The maximum absolute atomic E-state index is 5.59. The van der Waals surface area contributed by atoms with E-state index in [0.29, 0.717) is 6.54 Å². The molecule has 3 rings (SSSR count). The average molecular weight is 474 g/mol. The summed E-state index contributed by atoms with van der Waals surface area (Å²) in [6.45, 7) is 18.2. The lowest BCUT2D eigenvalue weighted by Gasteiger charge is -2.26. The van der Waals surface area contributed by atoms with Crippen LogP contribution in [0.5, 0.6) is 0 Å². The number of aryl methyl sites for hydroxylation is 1. The van der Waals surface area contributed by atoms with Crippen LogP contribution in [0.3, 0.4) is 0 Å². The smallest absolute Gasteiger partial charge is 0.159 e. The summed E-state index contributed by atoms with van der Waals surface area (Å²) in [6.07, 6.45) is 11.8. The largest absolute Gasteiger partial charge is 0.495 e. The standard InChI is InChI=1S/C29H39N5O/c1-6-34(24(4)28(35-5)13-12-23(2)3)22-25-9-7-11-27(19-25)29-31-20-26(21-32-29)10-8-16-33-17-14-30-15-18-33/h6-7,9,11-13,19-21,30H,1-2,8,10,14-18,22H2,3-5H3/b13-12-,28-24-. The van der Waals surface area contributed by atoms with E-state index in [1.807, 2.05) is 50.7 Å². The molecule has 2 heterocycles. The Hall–Kier alpha value is -3.22. The third kappa shape index (κ3) is 8.19. The van der Waals surface area contributed by atoms with Crippen LogP contribution < -0.4 is 5.32 Å². The van der Waals surface area contributed by atoms with Gasteiger partial charge in [-0.05, 0) is 62.7 Å². The molecule has 0 spiro atoms. The lowest BCUT2D eigenvalue weighted by atomic mass is 10.1.